The zero-order valence-corrected chi connectivity index (χ0v) is 15.4. The molecular formula is C20H24ClFN2O2. The van der Waals surface area contributed by atoms with Gasteiger partial charge in [-0.1, -0.05) is 11.6 Å². The molecule has 2 amide bonds. The van der Waals surface area contributed by atoms with Crippen LogP contribution in [-0.4, -0.2) is 18.4 Å². The zero-order chi connectivity index (χ0) is 18.3. The largest absolute Gasteiger partial charge is 0.355 e. The summed E-state index contributed by atoms with van der Waals surface area (Å²) in [5, 5.41) is 5.83. The van der Waals surface area contributed by atoms with Crippen LogP contribution in [0.15, 0.2) is 18.2 Å². The van der Waals surface area contributed by atoms with Gasteiger partial charge in [0.1, 0.15) is 5.82 Å². The van der Waals surface area contributed by atoms with Crippen LogP contribution in [0.4, 0.5) is 10.1 Å². The van der Waals surface area contributed by atoms with E-state index in [1.165, 1.54) is 37.5 Å². The summed E-state index contributed by atoms with van der Waals surface area (Å²) in [6, 6.07) is 4.02. The molecule has 2 N–H and O–H groups in total. The molecule has 0 spiro atoms. The smallest absolute Gasteiger partial charge is 0.226 e. The normalized spacial score (nSPS) is 31.7. The fraction of sp³-hybridized carbons (Fsp3) is 0.600. The summed E-state index contributed by atoms with van der Waals surface area (Å²) in [4.78, 5) is 24.8. The molecule has 140 valence electrons. The molecule has 5 rings (SSSR count). The van der Waals surface area contributed by atoms with Gasteiger partial charge in [0.2, 0.25) is 11.8 Å². The van der Waals surface area contributed by atoms with E-state index >= 15 is 0 Å². The Balaban J connectivity index is 1.29. The molecule has 0 radical (unpaired) electrons. The highest BCUT2D eigenvalue weighted by Crippen LogP contribution is 2.60. The summed E-state index contributed by atoms with van der Waals surface area (Å²) < 4.78 is 13.7. The van der Waals surface area contributed by atoms with Gasteiger partial charge in [0.05, 0.1) is 5.69 Å². The van der Waals surface area contributed by atoms with Crippen molar-refractivity contribution in [2.45, 2.75) is 44.9 Å². The number of anilines is 1. The van der Waals surface area contributed by atoms with E-state index in [1.807, 2.05) is 0 Å². The molecule has 0 atom stereocenters. The molecule has 0 saturated heterocycles. The van der Waals surface area contributed by atoms with Crippen LogP contribution < -0.4 is 10.6 Å². The number of carbonyl (C=O) groups is 2. The molecular weight excluding hydrogens is 355 g/mol. The Morgan fingerprint density at radius 1 is 1.12 bits per heavy atom. The second kappa shape index (κ2) is 6.84. The van der Waals surface area contributed by atoms with E-state index < -0.39 is 5.82 Å². The molecule has 4 aliphatic carbocycles. The molecule has 1 aromatic rings. The first-order valence-electron chi connectivity index (χ1n) is 9.47. The molecule has 4 aliphatic rings. The van der Waals surface area contributed by atoms with Gasteiger partial charge in [-0.2, -0.15) is 0 Å². The van der Waals surface area contributed by atoms with E-state index in [1.54, 1.807) is 0 Å². The summed E-state index contributed by atoms with van der Waals surface area (Å²) >= 11 is 5.82. The molecule has 26 heavy (non-hydrogen) atoms. The van der Waals surface area contributed by atoms with Crippen LogP contribution in [0.1, 0.15) is 44.9 Å². The number of hydrogen-bond acceptors (Lipinski definition) is 2. The van der Waals surface area contributed by atoms with Crippen molar-refractivity contribution in [2.24, 2.45) is 23.2 Å². The van der Waals surface area contributed by atoms with E-state index in [9.17, 15) is 14.0 Å². The van der Waals surface area contributed by atoms with Crippen molar-refractivity contribution in [3.63, 3.8) is 0 Å². The molecule has 4 saturated carbocycles. The van der Waals surface area contributed by atoms with Gasteiger partial charge < -0.3 is 10.6 Å². The fourth-order valence-electron chi connectivity index (χ4n) is 5.67. The minimum Gasteiger partial charge on any atom is -0.355 e. The fourth-order valence-corrected chi connectivity index (χ4v) is 5.84. The van der Waals surface area contributed by atoms with Gasteiger partial charge >= 0.3 is 0 Å². The van der Waals surface area contributed by atoms with E-state index in [-0.39, 0.29) is 35.9 Å². The van der Waals surface area contributed by atoms with Crippen molar-refractivity contribution < 1.29 is 14.0 Å². The standard InChI is InChI=1S/C20H24ClFN2O2/c21-15-1-2-16(22)17(8-15)24-18(25)3-4-23-19(26)20-9-12-5-13(10-20)7-14(6-12)11-20/h1-2,8,12-14H,3-7,9-11H2,(H,23,26)(H,24,25). The first kappa shape index (κ1) is 17.8. The molecule has 1 aromatic carbocycles. The Morgan fingerprint density at radius 2 is 1.73 bits per heavy atom. The average molecular weight is 379 g/mol. The maximum Gasteiger partial charge on any atom is 0.226 e. The van der Waals surface area contributed by atoms with E-state index in [0.29, 0.717) is 22.8 Å². The number of nitrogens with one attached hydrogen (secondary N) is 2. The lowest BCUT2D eigenvalue weighted by atomic mass is 9.49. The Morgan fingerprint density at radius 3 is 2.35 bits per heavy atom. The number of halogens is 2. The maximum absolute atomic E-state index is 13.7. The highest BCUT2D eigenvalue weighted by molar-refractivity contribution is 6.30. The predicted octanol–water partition coefficient (Wildman–Crippen LogP) is 4.14. The summed E-state index contributed by atoms with van der Waals surface area (Å²) in [6.07, 6.45) is 7.00. The number of rotatable bonds is 5. The number of carbonyl (C=O) groups excluding carboxylic acids is 2. The van der Waals surface area contributed by atoms with Crippen molar-refractivity contribution in [1.82, 2.24) is 5.32 Å². The zero-order valence-electron chi connectivity index (χ0n) is 14.7. The minimum absolute atomic E-state index is 0.0647. The van der Waals surface area contributed by atoms with Gasteiger partial charge in [-0.05, 0) is 74.5 Å². The molecule has 0 aromatic heterocycles. The third kappa shape index (κ3) is 3.46. The minimum atomic E-state index is -0.527. The Kier molecular flexibility index (Phi) is 4.68. The second-order valence-electron chi connectivity index (χ2n) is 8.38. The number of amides is 2. The van der Waals surface area contributed by atoms with Gasteiger partial charge in [0, 0.05) is 23.4 Å². The van der Waals surface area contributed by atoms with Crippen molar-refractivity contribution >= 4 is 29.1 Å². The van der Waals surface area contributed by atoms with E-state index in [0.717, 1.165) is 19.3 Å². The lowest BCUT2D eigenvalue weighted by Gasteiger charge is -2.55. The number of hydrogen-bond donors (Lipinski definition) is 2. The lowest BCUT2D eigenvalue weighted by molar-refractivity contribution is -0.146. The monoisotopic (exact) mass is 378 g/mol. The molecule has 0 heterocycles. The Hall–Kier alpha value is -1.62. The maximum atomic E-state index is 13.7. The van der Waals surface area contributed by atoms with Gasteiger partial charge in [-0.15, -0.1) is 0 Å². The lowest BCUT2D eigenvalue weighted by Crippen LogP contribution is -2.53. The van der Waals surface area contributed by atoms with Crippen molar-refractivity contribution in [3.8, 4) is 0 Å². The van der Waals surface area contributed by atoms with E-state index in [4.69, 9.17) is 11.6 Å². The second-order valence-corrected chi connectivity index (χ2v) is 8.81. The first-order chi connectivity index (χ1) is 12.4. The van der Waals surface area contributed by atoms with E-state index in [2.05, 4.69) is 10.6 Å². The van der Waals surface area contributed by atoms with Gasteiger partial charge in [0.25, 0.3) is 0 Å². The number of benzene rings is 1. The summed E-state index contributed by atoms with van der Waals surface area (Å²) in [7, 11) is 0. The topological polar surface area (TPSA) is 58.2 Å². The van der Waals surface area contributed by atoms with Crippen LogP contribution in [0.25, 0.3) is 0 Å². The van der Waals surface area contributed by atoms with Gasteiger partial charge in [-0.3, -0.25) is 9.59 Å². The summed E-state index contributed by atoms with van der Waals surface area (Å²) in [6.45, 7) is 0.272. The highest BCUT2D eigenvalue weighted by Gasteiger charge is 2.54. The third-order valence-corrected chi connectivity index (χ3v) is 6.60. The Labute approximate surface area is 157 Å². The summed E-state index contributed by atoms with van der Waals surface area (Å²) in [5.74, 6) is 1.37. The average Bonchev–Trinajstić information content (AvgIpc) is 2.57. The SMILES string of the molecule is O=C(CCNC(=O)C12CC3CC(CC(C3)C1)C2)Nc1cc(Cl)ccc1F. The van der Waals surface area contributed by atoms with Crippen LogP contribution in [0.3, 0.4) is 0 Å². The van der Waals surface area contributed by atoms with Crippen molar-refractivity contribution in [3.05, 3.63) is 29.0 Å². The molecule has 0 aliphatic heterocycles. The van der Waals surface area contributed by atoms with Crippen molar-refractivity contribution in [1.29, 1.82) is 0 Å². The molecule has 6 heteroatoms. The summed E-state index contributed by atoms with van der Waals surface area (Å²) in [5.41, 5.74) is -0.139. The van der Waals surface area contributed by atoms with Crippen molar-refractivity contribution in [2.75, 3.05) is 11.9 Å². The van der Waals surface area contributed by atoms with Gasteiger partial charge in [-0.25, -0.2) is 4.39 Å². The van der Waals surface area contributed by atoms with Crippen LogP contribution >= 0.6 is 11.6 Å². The Bertz CT molecular complexity index is 701. The first-order valence-corrected chi connectivity index (χ1v) is 9.84. The molecule has 4 bridgehead atoms. The third-order valence-electron chi connectivity index (χ3n) is 6.36. The molecule has 0 unspecified atom stereocenters. The van der Waals surface area contributed by atoms with Gasteiger partial charge in [0.15, 0.2) is 0 Å². The highest BCUT2D eigenvalue weighted by atomic mass is 35.5. The molecule has 4 fully saturated rings. The van der Waals surface area contributed by atoms with Crippen LogP contribution in [0, 0.1) is 29.0 Å². The van der Waals surface area contributed by atoms with Crippen LogP contribution in [-0.2, 0) is 9.59 Å². The van der Waals surface area contributed by atoms with Crippen LogP contribution in [0.2, 0.25) is 5.02 Å². The van der Waals surface area contributed by atoms with Crippen LogP contribution in [0.5, 0.6) is 0 Å². The quantitative estimate of drug-likeness (QED) is 0.809. The predicted molar refractivity (Wildman–Crippen MR) is 98.3 cm³/mol. The molecule has 4 nitrogen and oxygen atoms in total.